The molecule has 27 heavy (non-hydrogen) atoms. The quantitative estimate of drug-likeness (QED) is 0.575. The highest BCUT2D eigenvalue weighted by molar-refractivity contribution is 6.42. The maximum absolute atomic E-state index is 6.17. The molecule has 0 aliphatic heterocycles. The standard InChI is InChI=1S/C19H26Cl2N6/c1-12(14-8-9-16(20)17(21)10-14)23-19(24-15-6-4-5-7-15)22-11-18-26-25-13(2)27(18)3/h8-10,12,15H,4-7,11H2,1-3H3,(H2,22,23,24). The summed E-state index contributed by atoms with van der Waals surface area (Å²) in [5, 5.41) is 16.5. The summed E-state index contributed by atoms with van der Waals surface area (Å²) in [5.41, 5.74) is 1.06. The van der Waals surface area contributed by atoms with Crippen molar-refractivity contribution in [2.24, 2.45) is 12.0 Å². The second-order valence-corrected chi connectivity index (χ2v) is 7.87. The number of benzene rings is 1. The minimum Gasteiger partial charge on any atom is -0.354 e. The number of hydrogen-bond donors (Lipinski definition) is 2. The van der Waals surface area contributed by atoms with Gasteiger partial charge in [-0.3, -0.25) is 0 Å². The van der Waals surface area contributed by atoms with Gasteiger partial charge in [0.05, 0.1) is 16.1 Å². The van der Waals surface area contributed by atoms with Crippen LogP contribution in [0.15, 0.2) is 23.2 Å². The number of halogens is 2. The molecule has 3 rings (SSSR count). The van der Waals surface area contributed by atoms with Crippen molar-refractivity contribution < 1.29 is 0 Å². The molecule has 1 aromatic carbocycles. The average Bonchev–Trinajstić information content (AvgIpc) is 3.26. The van der Waals surface area contributed by atoms with Crippen LogP contribution in [-0.2, 0) is 13.6 Å². The Morgan fingerprint density at radius 2 is 2.00 bits per heavy atom. The minimum atomic E-state index is 0.0358. The van der Waals surface area contributed by atoms with Gasteiger partial charge in [-0.1, -0.05) is 42.1 Å². The maximum atomic E-state index is 6.17. The highest BCUT2D eigenvalue weighted by Crippen LogP contribution is 2.25. The summed E-state index contributed by atoms with van der Waals surface area (Å²) < 4.78 is 1.96. The molecule has 1 atom stereocenters. The van der Waals surface area contributed by atoms with Crippen LogP contribution in [0.2, 0.25) is 10.0 Å². The van der Waals surface area contributed by atoms with E-state index in [1.54, 1.807) is 0 Å². The second kappa shape index (κ2) is 8.93. The van der Waals surface area contributed by atoms with Crippen LogP contribution in [-0.4, -0.2) is 26.8 Å². The fourth-order valence-corrected chi connectivity index (χ4v) is 3.51. The highest BCUT2D eigenvalue weighted by atomic mass is 35.5. The minimum absolute atomic E-state index is 0.0358. The topological polar surface area (TPSA) is 67.1 Å². The van der Waals surface area contributed by atoms with Crippen molar-refractivity contribution in [1.29, 1.82) is 0 Å². The van der Waals surface area contributed by atoms with Crippen molar-refractivity contribution in [2.75, 3.05) is 0 Å². The van der Waals surface area contributed by atoms with E-state index >= 15 is 0 Å². The van der Waals surface area contributed by atoms with Crippen LogP contribution in [0.4, 0.5) is 0 Å². The van der Waals surface area contributed by atoms with Crippen LogP contribution in [0.5, 0.6) is 0 Å². The number of aryl methyl sites for hydroxylation is 1. The normalized spacial score (nSPS) is 16.6. The molecule has 146 valence electrons. The van der Waals surface area contributed by atoms with E-state index in [0.717, 1.165) is 23.2 Å². The van der Waals surface area contributed by atoms with Crippen molar-refractivity contribution in [3.8, 4) is 0 Å². The number of guanidine groups is 1. The third-order valence-electron chi connectivity index (χ3n) is 5.05. The van der Waals surface area contributed by atoms with Crippen molar-refractivity contribution >= 4 is 29.2 Å². The molecule has 0 saturated heterocycles. The average molecular weight is 409 g/mol. The number of nitrogens with one attached hydrogen (secondary N) is 2. The first kappa shape index (κ1) is 20.0. The molecule has 1 aromatic heterocycles. The third-order valence-corrected chi connectivity index (χ3v) is 5.79. The van der Waals surface area contributed by atoms with E-state index in [4.69, 9.17) is 28.2 Å². The predicted octanol–water partition coefficient (Wildman–Crippen LogP) is 4.17. The SMILES string of the molecule is Cc1nnc(CN=C(NC2CCCC2)NC(C)c2ccc(Cl)c(Cl)c2)n1C. The van der Waals surface area contributed by atoms with Crippen molar-refractivity contribution in [3.63, 3.8) is 0 Å². The van der Waals surface area contributed by atoms with Gasteiger partial charge in [-0.15, -0.1) is 10.2 Å². The fraction of sp³-hybridized carbons (Fsp3) is 0.526. The summed E-state index contributed by atoms with van der Waals surface area (Å²) >= 11 is 12.2. The lowest BCUT2D eigenvalue weighted by Crippen LogP contribution is -2.43. The fourth-order valence-electron chi connectivity index (χ4n) is 3.21. The Bertz CT molecular complexity index is 811. The summed E-state index contributed by atoms with van der Waals surface area (Å²) in [6.07, 6.45) is 4.86. The van der Waals surface area contributed by atoms with E-state index < -0.39 is 0 Å². The van der Waals surface area contributed by atoms with Gasteiger partial charge in [0.25, 0.3) is 0 Å². The number of aromatic nitrogens is 3. The molecule has 2 N–H and O–H groups in total. The van der Waals surface area contributed by atoms with Crippen LogP contribution in [0.3, 0.4) is 0 Å². The lowest BCUT2D eigenvalue weighted by atomic mass is 10.1. The van der Waals surface area contributed by atoms with E-state index in [0.29, 0.717) is 22.6 Å². The molecule has 1 unspecified atom stereocenters. The van der Waals surface area contributed by atoms with Crippen LogP contribution >= 0.6 is 23.2 Å². The van der Waals surface area contributed by atoms with Crippen molar-refractivity contribution in [1.82, 2.24) is 25.4 Å². The zero-order chi connectivity index (χ0) is 19.4. The molecular weight excluding hydrogens is 383 g/mol. The van der Waals surface area contributed by atoms with Gasteiger partial charge < -0.3 is 15.2 Å². The lowest BCUT2D eigenvalue weighted by Gasteiger charge is -2.22. The Kier molecular flexibility index (Phi) is 6.60. The van der Waals surface area contributed by atoms with Gasteiger partial charge >= 0.3 is 0 Å². The van der Waals surface area contributed by atoms with Gasteiger partial charge in [-0.05, 0) is 44.4 Å². The Labute approximate surface area is 170 Å². The molecule has 0 radical (unpaired) electrons. The van der Waals surface area contributed by atoms with Crippen LogP contribution in [0.1, 0.15) is 55.9 Å². The predicted molar refractivity (Wildman–Crippen MR) is 110 cm³/mol. The van der Waals surface area contributed by atoms with E-state index in [2.05, 4.69) is 27.8 Å². The molecule has 6 nitrogen and oxygen atoms in total. The number of aliphatic imine (C=N–C) groups is 1. The largest absolute Gasteiger partial charge is 0.354 e. The Balaban J connectivity index is 1.74. The molecular formula is C19H26Cl2N6. The first-order valence-corrected chi connectivity index (χ1v) is 10.1. The summed E-state index contributed by atoms with van der Waals surface area (Å²) in [6.45, 7) is 4.48. The third kappa shape index (κ3) is 5.14. The van der Waals surface area contributed by atoms with E-state index in [-0.39, 0.29) is 6.04 Å². The first-order chi connectivity index (χ1) is 12.9. The van der Waals surface area contributed by atoms with Gasteiger partial charge in [0.2, 0.25) is 0 Å². The zero-order valence-corrected chi connectivity index (χ0v) is 17.5. The maximum Gasteiger partial charge on any atom is 0.192 e. The van der Waals surface area contributed by atoms with Gasteiger partial charge in [-0.25, -0.2) is 4.99 Å². The monoisotopic (exact) mass is 408 g/mol. The lowest BCUT2D eigenvalue weighted by molar-refractivity contribution is 0.592. The molecule has 2 aromatic rings. The molecule has 1 aliphatic rings. The Morgan fingerprint density at radius 3 is 2.63 bits per heavy atom. The molecule has 1 aliphatic carbocycles. The van der Waals surface area contributed by atoms with Gasteiger partial charge in [-0.2, -0.15) is 0 Å². The number of rotatable bonds is 5. The molecule has 1 saturated carbocycles. The zero-order valence-electron chi connectivity index (χ0n) is 16.0. The Morgan fingerprint density at radius 1 is 1.26 bits per heavy atom. The smallest absolute Gasteiger partial charge is 0.192 e. The molecule has 0 bridgehead atoms. The molecule has 0 amide bonds. The number of nitrogens with zero attached hydrogens (tertiary/aromatic N) is 4. The van der Waals surface area contributed by atoms with E-state index in [1.165, 1.54) is 25.7 Å². The van der Waals surface area contributed by atoms with E-state index in [1.807, 2.05) is 36.7 Å². The van der Waals surface area contributed by atoms with Crippen LogP contribution < -0.4 is 10.6 Å². The van der Waals surface area contributed by atoms with E-state index in [9.17, 15) is 0 Å². The highest BCUT2D eigenvalue weighted by Gasteiger charge is 2.18. The Hall–Kier alpha value is -1.79. The summed E-state index contributed by atoms with van der Waals surface area (Å²) in [4.78, 5) is 4.75. The summed E-state index contributed by atoms with van der Waals surface area (Å²) in [5.74, 6) is 2.49. The first-order valence-electron chi connectivity index (χ1n) is 9.31. The molecule has 8 heteroatoms. The second-order valence-electron chi connectivity index (χ2n) is 7.05. The summed E-state index contributed by atoms with van der Waals surface area (Å²) in [7, 11) is 1.95. The summed E-state index contributed by atoms with van der Waals surface area (Å²) in [6, 6.07) is 6.18. The number of hydrogen-bond acceptors (Lipinski definition) is 3. The van der Waals surface area contributed by atoms with Gasteiger partial charge in [0.15, 0.2) is 11.8 Å². The van der Waals surface area contributed by atoms with Crippen LogP contribution in [0, 0.1) is 6.92 Å². The molecule has 1 heterocycles. The van der Waals surface area contributed by atoms with Gasteiger partial charge in [0.1, 0.15) is 12.4 Å². The van der Waals surface area contributed by atoms with Crippen LogP contribution in [0.25, 0.3) is 0 Å². The molecule has 0 spiro atoms. The van der Waals surface area contributed by atoms with Gasteiger partial charge in [0, 0.05) is 13.1 Å². The molecule has 1 fully saturated rings. The van der Waals surface area contributed by atoms with Crippen molar-refractivity contribution in [3.05, 3.63) is 45.5 Å². The van der Waals surface area contributed by atoms with Crippen molar-refractivity contribution in [2.45, 2.75) is 58.2 Å².